The van der Waals surface area contributed by atoms with Crippen LogP contribution in [-0.4, -0.2) is 75.2 Å². The summed E-state index contributed by atoms with van der Waals surface area (Å²) in [6, 6.07) is 2.84. The van der Waals surface area contributed by atoms with Crippen LogP contribution in [-0.2, 0) is 26.1 Å². The number of piperidine rings is 1. The zero-order chi connectivity index (χ0) is 28.6. The summed E-state index contributed by atoms with van der Waals surface area (Å²) in [6.45, 7) is 13.8. The zero-order valence-electron chi connectivity index (χ0n) is 23.4. The second-order valence-electron chi connectivity index (χ2n) is 12.3. The number of aryl methyl sites for hydroxylation is 1. The smallest absolute Gasteiger partial charge is 0.410 e. The summed E-state index contributed by atoms with van der Waals surface area (Å²) in [6.07, 6.45) is 0.912. The van der Waals surface area contributed by atoms with Gasteiger partial charge in [-0.15, -0.1) is 4.72 Å². The van der Waals surface area contributed by atoms with E-state index in [4.69, 9.17) is 16.3 Å². The molecule has 1 aromatic carbocycles. The lowest BCUT2D eigenvalue weighted by atomic mass is 9.86. The number of halogens is 1. The molecule has 0 spiro atoms. The average Bonchev–Trinajstić information content (AvgIpc) is 3.30. The highest BCUT2D eigenvalue weighted by molar-refractivity contribution is 7.90. The summed E-state index contributed by atoms with van der Waals surface area (Å²) >= 11 is 4.96. The quantitative estimate of drug-likeness (QED) is 0.467. The molecule has 0 bridgehead atoms. The molecular weight excluding hydrogens is 550 g/mol. The molecule has 2 fully saturated rings. The molecule has 0 aliphatic carbocycles. The van der Waals surface area contributed by atoms with Gasteiger partial charge < -0.3 is 19.3 Å². The van der Waals surface area contributed by atoms with E-state index in [-0.39, 0.29) is 18.2 Å². The van der Waals surface area contributed by atoms with E-state index in [1.54, 1.807) is 39.8 Å². The van der Waals surface area contributed by atoms with Gasteiger partial charge in [-0.25, -0.2) is 17.5 Å². The summed E-state index contributed by atoms with van der Waals surface area (Å²) in [7, 11) is -3.62. The van der Waals surface area contributed by atoms with Gasteiger partial charge in [-0.05, 0) is 91.3 Å². The summed E-state index contributed by atoms with van der Waals surface area (Å²) < 4.78 is 49.6. The first-order valence-corrected chi connectivity index (χ1v) is 16.1. The fourth-order valence-corrected chi connectivity index (χ4v) is 7.76. The number of aromatic hydroxyl groups is 1. The van der Waals surface area contributed by atoms with Crippen LogP contribution in [0, 0.1) is 12.8 Å². The van der Waals surface area contributed by atoms with Gasteiger partial charge in [-0.2, -0.15) is 0 Å². The van der Waals surface area contributed by atoms with Crippen molar-refractivity contribution < 1.29 is 27.6 Å². The summed E-state index contributed by atoms with van der Waals surface area (Å²) in [4.78, 5) is 13.9. The Kier molecular flexibility index (Phi) is 9.64. The van der Waals surface area contributed by atoms with Crippen molar-refractivity contribution in [2.24, 2.45) is 5.92 Å². The largest absolute Gasteiger partial charge is 0.598 e. The first-order chi connectivity index (χ1) is 17.4. The molecule has 0 radical (unpaired) electrons. The summed E-state index contributed by atoms with van der Waals surface area (Å²) in [5.41, 5.74) is 0.651. The Bertz CT molecular complexity index is 1110. The number of likely N-dealkylation sites (tertiary alicyclic amines) is 1. The molecule has 38 heavy (non-hydrogen) atoms. The Labute approximate surface area is 235 Å². The van der Waals surface area contributed by atoms with Crippen molar-refractivity contribution in [2.75, 3.05) is 26.2 Å². The molecule has 3 rings (SSSR count). The van der Waals surface area contributed by atoms with Gasteiger partial charge in [0, 0.05) is 48.1 Å². The molecule has 2 N–H and O–H groups in total. The van der Waals surface area contributed by atoms with Crippen LogP contribution < -0.4 is 4.72 Å². The number of carbonyl (C=O) groups excluding carboxylic acids is 1. The molecule has 1 amide bonds. The van der Waals surface area contributed by atoms with Crippen LogP contribution >= 0.6 is 11.6 Å². The molecule has 216 valence electrons. The third-order valence-corrected chi connectivity index (χ3v) is 11.3. The monoisotopic (exact) mass is 591 g/mol. The van der Waals surface area contributed by atoms with Gasteiger partial charge in [0.25, 0.3) is 0 Å². The van der Waals surface area contributed by atoms with E-state index in [9.17, 15) is 22.9 Å². The minimum atomic E-state index is -3.62. The highest BCUT2D eigenvalue weighted by Crippen LogP contribution is 2.39. The Morgan fingerprint density at radius 2 is 1.76 bits per heavy atom. The van der Waals surface area contributed by atoms with E-state index < -0.39 is 49.1 Å². The predicted molar refractivity (Wildman–Crippen MR) is 151 cm³/mol. The van der Waals surface area contributed by atoms with E-state index in [1.807, 2.05) is 20.8 Å². The number of amides is 1. The Morgan fingerprint density at radius 3 is 2.32 bits per heavy atom. The predicted octanol–water partition coefficient (Wildman–Crippen LogP) is 4.50. The highest BCUT2D eigenvalue weighted by atomic mass is 35.5. The van der Waals surface area contributed by atoms with Gasteiger partial charge in [0.05, 0.1) is 11.3 Å². The number of nitrogens with zero attached hydrogens (tertiary/aromatic N) is 2. The second-order valence-corrected chi connectivity index (χ2v) is 16.9. The normalized spacial score (nSPS) is 21.9. The van der Waals surface area contributed by atoms with Crippen molar-refractivity contribution in [3.63, 3.8) is 0 Å². The molecule has 12 heteroatoms. The number of sulfonamides is 1. The number of hydrogen-bond acceptors (Lipinski definition) is 7. The van der Waals surface area contributed by atoms with Crippen molar-refractivity contribution in [3.8, 4) is 5.75 Å². The van der Waals surface area contributed by atoms with Crippen molar-refractivity contribution >= 4 is 39.1 Å². The van der Waals surface area contributed by atoms with Crippen molar-refractivity contribution in [2.45, 2.75) is 89.4 Å². The third kappa shape index (κ3) is 7.48. The van der Waals surface area contributed by atoms with E-state index in [2.05, 4.69) is 4.72 Å². The molecule has 3 unspecified atom stereocenters. The van der Waals surface area contributed by atoms with Crippen LogP contribution in [0.15, 0.2) is 12.1 Å². The number of rotatable bonds is 6. The lowest BCUT2D eigenvalue weighted by Gasteiger charge is -2.38. The molecule has 3 atom stereocenters. The minimum absolute atomic E-state index is 0.0681. The maximum Gasteiger partial charge on any atom is 0.410 e. The Hall–Kier alpha value is -1.24. The maximum atomic E-state index is 13.5. The molecule has 2 heterocycles. The van der Waals surface area contributed by atoms with Crippen molar-refractivity contribution in [1.82, 2.24) is 13.9 Å². The van der Waals surface area contributed by atoms with Crippen molar-refractivity contribution in [1.29, 1.82) is 0 Å². The molecule has 2 saturated heterocycles. The number of nitrogens with one attached hydrogen (secondary N) is 1. The minimum Gasteiger partial charge on any atom is -0.598 e. The zero-order valence-corrected chi connectivity index (χ0v) is 25.8. The molecule has 1 aromatic rings. The number of phenols is 1. The molecule has 0 saturated carbocycles. The van der Waals surface area contributed by atoms with Gasteiger partial charge in [0.1, 0.15) is 16.1 Å². The third-order valence-electron chi connectivity index (χ3n) is 6.98. The van der Waals surface area contributed by atoms with Crippen LogP contribution in [0.1, 0.15) is 78.0 Å². The van der Waals surface area contributed by atoms with Gasteiger partial charge >= 0.3 is 6.09 Å². The molecular formula is C26H42ClN3O6S2. The number of carbonyl (C=O) groups is 1. The van der Waals surface area contributed by atoms with Gasteiger partial charge in [0.15, 0.2) is 0 Å². The second kappa shape index (κ2) is 11.7. The number of phenolic OH excluding ortho intramolecular Hbond substituents is 1. The van der Waals surface area contributed by atoms with Gasteiger partial charge in [-0.3, -0.25) is 0 Å². The standard InChI is InChI=1S/C26H42ClN3O6S2/c1-17-14-22(31)20(15-21(17)27)23(28-37(33)26(5,6)7)18-8-12-30(13-9-18)38(34,35)19-10-11-29(16-19)24(32)36-25(2,3)4/h14-15,18-19,23,28,31H,8-13,16H2,1-7H3. The molecule has 0 aromatic heterocycles. The van der Waals surface area contributed by atoms with Gasteiger partial charge in [-0.1, -0.05) is 11.6 Å². The van der Waals surface area contributed by atoms with E-state index in [0.717, 1.165) is 5.56 Å². The van der Waals surface area contributed by atoms with Crippen molar-refractivity contribution in [3.05, 3.63) is 28.3 Å². The first kappa shape index (κ1) is 31.3. The van der Waals surface area contributed by atoms with E-state index >= 15 is 0 Å². The van der Waals surface area contributed by atoms with Crippen LogP contribution in [0.3, 0.4) is 0 Å². The molecule has 2 aliphatic heterocycles. The molecule has 9 nitrogen and oxygen atoms in total. The summed E-state index contributed by atoms with van der Waals surface area (Å²) in [5, 5.41) is 10.6. The Morgan fingerprint density at radius 1 is 1.16 bits per heavy atom. The number of benzene rings is 1. The number of hydrogen-bond donors (Lipinski definition) is 2. The van der Waals surface area contributed by atoms with Crippen LogP contribution in [0.2, 0.25) is 5.02 Å². The topological polar surface area (TPSA) is 122 Å². The maximum absolute atomic E-state index is 13.5. The van der Waals surface area contributed by atoms with Gasteiger partial charge in [0.2, 0.25) is 10.0 Å². The van der Waals surface area contributed by atoms with Crippen LogP contribution in [0.25, 0.3) is 0 Å². The Balaban J connectivity index is 1.73. The van der Waals surface area contributed by atoms with Crippen LogP contribution in [0.4, 0.5) is 4.79 Å². The molecule has 2 aliphatic rings. The SMILES string of the molecule is Cc1cc(O)c(C(N[S+]([O-])C(C)(C)C)C2CCN(S(=O)(=O)C3CCN(C(=O)OC(C)(C)C)C3)CC2)cc1Cl. The van der Waals surface area contributed by atoms with E-state index in [0.29, 0.717) is 49.5 Å². The highest BCUT2D eigenvalue weighted by Gasteiger charge is 2.43. The first-order valence-electron chi connectivity index (χ1n) is 13.0. The van der Waals surface area contributed by atoms with E-state index in [1.165, 1.54) is 9.21 Å². The fraction of sp³-hybridized carbons (Fsp3) is 0.731. The number of ether oxygens (including phenoxy) is 1. The lowest BCUT2D eigenvalue weighted by Crippen LogP contribution is -2.48. The fourth-order valence-electron chi connectivity index (χ4n) is 4.77. The van der Waals surface area contributed by atoms with Crippen LogP contribution in [0.5, 0.6) is 5.75 Å². The summed E-state index contributed by atoms with van der Waals surface area (Å²) in [5.74, 6) is -0.00203. The lowest BCUT2D eigenvalue weighted by molar-refractivity contribution is 0.0295. The average molecular weight is 592 g/mol.